The van der Waals surface area contributed by atoms with Crippen LogP contribution in [0.4, 0.5) is 5.95 Å². The van der Waals surface area contributed by atoms with Crippen LogP contribution in [0.15, 0.2) is 30.9 Å². The average molecular weight is 358 g/mol. The van der Waals surface area contributed by atoms with Gasteiger partial charge in [0.05, 0.1) is 18.7 Å². The number of nitrogens with zero attached hydrogens (tertiary/aromatic N) is 6. The van der Waals surface area contributed by atoms with Gasteiger partial charge in [-0.2, -0.15) is 0 Å². The molecule has 26 heavy (non-hydrogen) atoms. The summed E-state index contributed by atoms with van der Waals surface area (Å²) in [6, 6.07) is 1.77. The summed E-state index contributed by atoms with van der Waals surface area (Å²) in [5.74, 6) is 1.46. The standard InChI is InChI=1S/C18H26N6O2/c1-3-15-19-9-11-23(15)12-16(25)22(2)13-18(26)6-4-10-24(14-18)17-20-7-5-8-21-17/h5,7-9,11,26H,3-4,6,10,12-14H2,1-2H3/t18-/m1/s1. The van der Waals surface area contributed by atoms with Gasteiger partial charge in [-0.15, -0.1) is 0 Å². The van der Waals surface area contributed by atoms with Crippen LogP contribution in [0.3, 0.4) is 0 Å². The summed E-state index contributed by atoms with van der Waals surface area (Å²) in [7, 11) is 1.74. The molecule has 8 heteroatoms. The molecule has 1 aliphatic heterocycles. The number of anilines is 1. The number of rotatable bonds is 6. The number of carbonyl (C=O) groups excluding carboxylic acids is 1. The van der Waals surface area contributed by atoms with E-state index in [4.69, 9.17) is 0 Å². The van der Waals surface area contributed by atoms with E-state index in [9.17, 15) is 9.90 Å². The Bertz CT molecular complexity index is 734. The Hall–Kier alpha value is -2.48. The van der Waals surface area contributed by atoms with Crippen LogP contribution in [0.5, 0.6) is 0 Å². The number of hydrogen-bond donors (Lipinski definition) is 1. The van der Waals surface area contributed by atoms with Gasteiger partial charge in [-0.05, 0) is 18.9 Å². The summed E-state index contributed by atoms with van der Waals surface area (Å²) in [6.45, 7) is 3.75. The first-order chi connectivity index (χ1) is 12.5. The molecular weight excluding hydrogens is 332 g/mol. The number of imidazole rings is 1. The zero-order valence-electron chi connectivity index (χ0n) is 15.4. The normalized spacial score (nSPS) is 20.2. The fourth-order valence-electron chi connectivity index (χ4n) is 3.46. The maximum atomic E-state index is 12.6. The van der Waals surface area contributed by atoms with Crippen LogP contribution in [0, 0.1) is 0 Å². The number of aromatic nitrogens is 4. The molecule has 0 radical (unpaired) electrons. The first-order valence-electron chi connectivity index (χ1n) is 8.99. The van der Waals surface area contributed by atoms with E-state index in [2.05, 4.69) is 15.0 Å². The number of aryl methyl sites for hydroxylation is 1. The Morgan fingerprint density at radius 1 is 1.31 bits per heavy atom. The third-order valence-electron chi connectivity index (χ3n) is 4.77. The molecule has 0 aliphatic carbocycles. The topological polar surface area (TPSA) is 87.4 Å². The molecule has 1 aliphatic rings. The van der Waals surface area contributed by atoms with Crippen LogP contribution in [-0.2, 0) is 17.8 Å². The van der Waals surface area contributed by atoms with Crippen molar-refractivity contribution in [2.45, 2.75) is 38.3 Å². The van der Waals surface area contributed by atoms with E-state index in [1.165, 1.54) is 0 Å². The van der Waals surface area contributed by atoms with E-state index >= 15 is 0 Å². The highest BCUT2D eigenvalue weighted by Gasteiger charge is 2.36. The predicted molar refractivity (Wildman–Crippen MR) is 97.7 cm³/mol. The molecule has 140 valence electrons. The van der Waals surface area contributed by atoms with Gasteiger partial charge in [-0.1, -0.05) is 6.92 Å². The monoisotopic (exact) mass is 358 g/mol. The van der Waals surface area contributed by atoms with Crippen molar-refractivity contribution in [1.29, 1.82) is 0 Å². The number of piperidine rings is 1. The SMILES string of the molecule is CCc1nccn1CC(=O)N(C)C[C@]1(O)CCCN(c2ncccn2)C1. The van der Waals surface area contributed by atoms with Crippen LogP contribution in [0.2, 0.25) is 0 Å². The summed E-state index contributed by atoms with van der Waals surface area (Å²) >= 11 is 0. The van der Waals surface area contributed by atoms with Crippen LogP contribution >= 0.6 is 0 Å². The summed E-state index contributed by atoms with van der Waals surface area (Å²) in [4.78, 5) is 28.9. The number of amides is 1. The van der Waals surface area contributed by atoms with Crippen LogP contribution in [0.1, 0.15) is 25.6 Å². The van der Waals surface area contributed by atoms with Gasteiger partial charge in [-0.3, -0.25) is 4.79 Å². The van der Waals surface area contributed by atoms with E-state index < -0.39 is 5.60 Å². The van der Waals surface area contributed by atoms with Gasteiger partial charge in [0.1, 0.15) is 12.4 Å². The minimum Gasteiger partial charge on any atom is -0.386 e. The summed E-state index contributed by atoms with van der Waals surface area (Å²) in [5.41, 5.74) is -0.968. The van der Waals surface area contributed by atoms with E-state index in [1.54, 1.807) is 36.6 Å². The quantitative estimate of drug-likeness (QED) is 0.819. The van der Waals surface area contributed by atoms with Crippen molar-refractivity contribution in [1.82, 2.24) is 24.4 Å². The molecule has 1 fully saturated rings. The summed E-state index contributed by atoms with van der Waals surface area (Å²) < 4.78 is 1.86. The molecule has 0 unspecified atom stereocenters. The number of carbonyl (C=O) groups is 1. The molecule has 1 N–H and O–H groups in total. The molecule has 8 nitrogen and oxygen atoms in total. The Balaban J connectivity index is 1.62. The molecule has 3 heterocycles. The van der Waals surface area contributed by atoms with Gasteiger partial charge in [0.25, 0.3) is 0 Å². The third kappa shape index (κ3) is 4.19. The highest BCUT2D eigenvalue weighted by atomic mass is 16.3. The van der Waals surface area contributed by atoms with E-state index in [-0.39, 0.29) is 19.0 Å². The van der Waals surface area contributed by atoms with Crippen molar-refractivity contribution in [3.8, 4) is 0 Å². The lowest BCUT2D eigenvalue weighted by molar-refractivity contribution is -0.134. The average Bonchev–Trinajstić information content (AvgIpc) is 3.09. The molecule has 3 rings (SSSR count). The molecule has 0 spiro atoms. The lowest BCUT2D eigenvalue weighted by Crippen LogP contribution is -2.55. The Morgan fingerprint density at radius 3 is 2.81 bits per heavy atom. The smallest absolute Gasteiger partial charge is 0.242 e. The zero-order valence-corrected chi connectivity index (χ0v) is 15.4. The maximum absolute atomic E-state index is 12.6. The first kappa shape index (κ1) is 18.3. The van der Waals surface area contributed by atoms with Crippen LogP contribution < -0.4 is 4.90 Å². The number of aliphatic hydroxyl groups is 1. The number of hydrogen-bond acceptors (Lipinski definition) is 6. The highest BCUT2D eigenvalue weighted by molar-refractivity contribution is 5.75. The zero-order chi connectivity index (χ0) is 18.6. The number of β-amino-alcohol motifs (C(OH)–C–C–N with tert-alkyl or cyclic N) is 1. The van der Waals surface area contributed by atoms with Crippen molar-refractivity contribution in [3.05, 3.63) is 36.7 Å². The van der Waals surface area contributed by atoms with Gasteiger partial charge in [-0.25, -0.2) is 15.0 Å². The molecule has 0 bridgehead atoms. The second-order valence-corrected chi connectivity index (χ2v) is 6.87. The fourth-order valence-corrected chi connectivity index (χ4v) is 3.46. The lowest BCUT2D eigenvalue weighted by Gasteiger charge is -2.41. The number of likely N-dealkylation sites (N-methyl/N-ethyl adjacent to an activating group) is 1. The van der Waals surface area contributed by atoms with Gasteiger partial charge in [0, 0.05) is 44.8 Å². The largest absolute Gasteiger partial charge is 0.386 e. The van der Waals surface area contributed by atoms with E-state index in [0.717, 1.165) is 25.2 Å². The van der Waals surface area contributed by atoms with Gasteiger partial charge >= 0.3 is 0 Å². The molecular formula is C18H26N6O2. The second-order valence-electron chi connectivity index (χ2n) is 6.87. The summed E-state index contributed by atoms with van der Waals surface area (Å²) in [6.07, 6.45) is 9.18. The highest BCUT2D eigenvalue weighted by Crippen LogP contribution is 2.24. The fraction of sp³-hybridized carbons (Fsp3) is 0.556. The van der Waals surface area contributed by atoms with Crippen molar-refractivity contribution in [2.24, 2.45) is 0 Å². The predicted octanol–water partition coefficient (Wildman–Crippen LogP) is 0.725. The van der Waals surface area contributed by atoms with Crippen LogP contribution in [-0.4, -0.2) is 67.7 Å². The molecule has 1 amide bonds. The molecule has 1 atom stereocenters. The molecule has 2 aromatic heterocycles. The second kappa shape index (κ2) is 7.82. The molecule has 0 saturated carbocycles. The molecule has 1 saturated heterocycles. The maximum Gasteiger partial charge on any atom is 0.242 e. The lowest BCUT2D eigenvalue weighted by atomic mass is 9.92. The molecule has 0 aromatic carbocycles. The van der Waals surface area contributed by atoms with Crippen LogP contribution in [0.25, 0.3) is 0 Å². The Morgan fingerprint density at radius 2 is 2.08 bits per heavy atom. The van der Waals surface area contributed by atoms with Gasteiger partial charge < -0.3 is 19.5 Å². The van der Waals surface area contributed by atoms with E-state index in [0.29, 0.717) is 18.9 Å². The third-order valence-corrected chi connectivity index (χ3v) is 4.77. The minimum atomic E-state index is -0.968. The van der Waals surface area contributed by atoms with Crippen molar-refractivity contribution < 1.29 is 9.90 Å². The van der Waals surface area contributed by atoms with Crippen molar-refractivity contribution >= 4 is 11.9 Å². The minimum absolute atomic E-state index is 0.0424. The first-order valence-corrected chi connectivity index (χ1v) is 8.99. The Labute approximate surface area is 153 Å². The molecule has 2 aromatic rings. The van der Waals surface area contributed by atoms with Gasteiger partial charge in [0.15, 0.2) is 0 Å². The van der Waals surface area contributed by atoms with E-state index in [1.807, 2.05) is 22.6 Å². The van der Waals surface area contributed by atoms with Gasteiger partial charge in [0.2, 0.25) is 11.9 Å². The van der Waals surface area contributed by atoms with Crippen molar-refractivity contribution in [2.75, 3.05) is 31.6 Å². The summed E-state index contributed by atoms with van der Waals surface area (Å²) in [5, 5.41) is 11.0. The van der Waals surface area contributed by atoms with Crippen molar-refractivity contribution in [3.63, 3.8) is 0 Å². The Kier molecular flexibility index (Phi) is 5.51.